The predicted octanol–water partition coefficient (Wildman–Crippen LogP) is 3.85. The van der Waals surface area contributed by atoms with E-state index in [1.54, 1.807) is 0 Å². The number of aliphatic hydroxyl groups is 1. The number of halogens is 2. The summed E-state index contributed by atoms with van der Waals surface area (Å²) < 4.78 is 0.989. The molecule has 2 N–H and O–H groups in total. The Kier molecular flexibility index (Phi) is 7.65. The van der Waals surface area contributed by atoms with E-state index in [1.807, 2.05) is 33.0 Å². The van der Waals surface area contributed by atoms with Crippen LogP contribution in [0.4, 0.5) is 0 Å². The maximum absolute atomic E-state index is 9.95. The Hall–Kier alpha value is -0.130. The van der Waals surface area contributed by atoms with Gasteiger partial charge in [0, 0.05) is 28.6 Å². The lowest BCUT2D eigenvalue weighted by molar-refractivity contribution is 0.0367. The van der Waals surface area contributed by atoms with Crippen molar-refractivity contribution < 1.29 is 5.11 Å². The zero-order chi connectivity index (χ0) is 16.0. The van der Waals surface area contributed by atoms with Crippen LogP contribution < -0.4 is 5.32 Å². The van der Waals surface area contributed by atoms with Crippen molar-refractivity contribution in [3.8, 4) is 0 Å². The average molecular weight is 378 g/mol. The lowest BCUT2D eigenvalue weighted by Gasteiger charge is -2.29. The van der Waals surface area contributed by atoms with Gasteiger partial charge in [0.1, 0.15) is 0 Å². The zero-order valence-electron chi connectivity index (χ0n) is 13.3. The minimum absolute atomic E-state index is 0.210. The van der Waals surface area contributed by atoms with Gasteiger partial charge in [-0.15, -0.1) is 0 Å². The fraction of sp³-hybridized carbons (Fsp3) is 0.625. The second-order valence-corrected chi connectivity index (χ2v) is 7.30. The standard InChI is InChI=1S/C16H26BrClN2O/c1-5-20(11-16(2,3)21)9-8-15(19-4)13-7-6-12(17)10-14(13)18/h6-7,10,15,19,21H,5,8-9,11H2,1-4H3. The van der Waals surface area contributed by atoms with Gasteiger partial charge < -0.3 is 15.3 Å². The number of hydrogen-bond acceptors (Lipinski definition) is 3. The Balaban J connectivity index is 2.69. The highest BCUT2D eigenvalue weighted by atomic mass is 79.9. The van der Waals surface area contributed by atoms with E-state index >= 15 is 0 Å². The van der Waals surface area contributed by atoms with Crippen molar-refractivity contribution in [3.05, 3.63) is 33.3 Å². The minimum Gasteiger partial charge on any atom is -0.389 e. The average Bonchev–Trinajstić information content (AvgIpc) is 2.38. The first kappa shape index (κ1) is 18.9. The number of benzene rings is 1. The molecule has 0 saturated heterocycles. The first-order valence-electron chi connectivity index (χ1n) is 7.33. The maximum atomic E-state index is 9.95. The van der Waals surface area contributed by atoms with Crippen molar-refractivity contribution in [1.29, 1.82) is 0 Å². The van der Waals surface area contributed by atoms with Gasteiger partial charge in [-0.2, -0.15) is 0 Å². The Morgan fingerprint density at radius 2 is 2.10 bits per heavy atom. The van der Waals surface area contributed by atoms with Gasteiger partial charge in [-0.3, -0.25) is 0 Å². The Bertz CT molecular complexity index is 448. The van der Waals surface area contributed by atoms with Crippen LogP contribution in [0.25, 0.3) is 0 Å². The molecule has 0 bridgehead atoms. The molecule has 0 amide bonds. The first-order valence-corrected chi connectivity index (χ1v) is 8.51. The first-order chi connectivity index (χ1) is 9.76. The number of hydrogen-bond donors (Lipinski definition) is 2. The molecule has 5 heteroatoms. The van der Waals surface area contributed by atoms with Crippen LogP contribution in [-0.4, -0.2) is 42.3 Å². The third-order valence-corrected chi connectivity index (χ3v) is 4.30. The van der Waals surface area contributed by atoms with Gasteiger partial charge in [-0.1, -0.05) is 40.5 Å². The highest BCUT2D eigenvalue weighted by molar-refractivity contribution is 9.10. The van der Waals surface area contributed by atoms with Crippen molar-refractivity contribution in [1.82, 2.24) is 10.2 Å². The molecule has 0 saturated carbocycles. The smallest absolute Gasteiger partial charge is 0.0718 e. The van der Waals surface area contributed by atoms with Crippen molar-refractivity contribution in [2.24, 2.45) is 0 Å². The fourth-order valence-electron chi connectivity index (χ4n) is 2.45. The van der Waals surface area contributed by atoms with E-state index < -0.39 is 5.60 Å². The molecule has 0 aromatic heterocycles. The SMILES string of the molecule is CCN(CCC(NC)c1ccc(Br)cc1Cl)CC(C)(C)O. The molecular weight excluding hydrogens is 352 g/mol. The van der Waals surface area contributed by atoms with Gasteiger partial charge in [-0.25, -0.2) is 0 Å². The van der Waals surface area contributed by atoms with Gasteiger partial charge in [0.05, 0.1) is 5.60 Å². The molecule has 120 valence electrons. The molecule has 21 heavy (non-hydrogen) atoms. The summed E-state index contributed by atoms with van der Waals surface area (Å²) in [7, 11) is 1.95. The van der Waals surface area contributed by atoms with Crippen LogP contribution in [-0.2, 0) is 0 Å². The highest BCUT2D eigenvalue weighted by Crippen LogP contribution is 2.28. The largest absolute Gasteiger partial charge is 0.389 e. The predicted molar refractivity (Wildman–Crippen MR) is 94.0 cm³/mol. The van der Waals surface area contributed by atoms with E-state index in [1.165, 1.54) is 0 Å². The van der Waals surface area contributed by atoms with Crippen LogP contribution >= 0.6 is 27.5 Å². The summed E-state index contributed by atoms with van der Waals surface area (Å²) in [4.78, 5) is 2.26. The molecule has 1 aromatic rings. The van der Waals surface area contributed by atoms with Crippen molar-refractivity contribution in [3.63, 3.8) is 0 Å². The van der Waals surface area contributed by atoms with Crippen molar-refractivity contribution >= 4 is 27.5 Å². The molecule has 0 fully saturated rings. The molecule has 0 spiro atoms. The summed E-state index contributed by atoms with van der Waals surface area (Å²) in [6.07, 6.45) is 0.946. The normalized spacial score (nSPS) is 13.7. The lowest BCUT2D eigenvalue weighted by Crippen LogP contribution is -2.39. The molecule has 1 unspecified atom stereocenters. The monoisotopic (exact) mass is 376 g/mol. The molecule has 1 atom stereocenters. The number of rotatable bonds is 8. The van der Waals surface area contributed by atoms with Gasteiger partial charge in [0.15, 0.2) is 0 Å². The molecule has 0 aliphatic carbocycles. The fourth-order valence-corrected chi connectivity index (χ4v) is 3.25. The zero-order valence-corrected chi connectivity index (χ0v) is 15.6. The minimum atomic E-state index is -0.666. The quantitative estimate of drug-likeness (QED) is 0.722. The molecule has 0 radical (unpaired) electrons. The van der Waals surface area contributed by atoms with E-state index in [-0.39, 0.29) is 6.04 Å². The summed E-state index contributed by atoms with van der Waals surface area (Å²) in [5.74, 6) is 0. The van der Waals surface area contributed by atoms with Crippen LogP contribution in [0.5, 0.6) is 0 Å². The van der Waals surface area contributed by atoms with Crippen molar-refractivity contribution in [2.45, 2.75) is 38.8 Å². The van der Waals surface area contributed by atoms with E-state index in [0.29, 0.717) is 6.54 Å². The Labute approximate surface area is 141 Å². The summed E-state index contributed by atoms with van der Waals surface area (Å²) in [5, 5.41) is 14.1. The Morgan fingerprint density at radius 3 is 2.57 bits per heavy atom. The highest BCUT2D eigenvalue weighted by Gasteiger charge is 2.19. The van der Waals surface area contributed by atoms with Crippen LogP contribution in [0.15, 0.2) is 22.7 Å². The summed E-state index contributed by atoms with van der Waals surface area (Å²) in [6, 6.07) is 6.21. The van der Waals surface area contributed by atoms with E-state index in [2.05, 4.69) is 39.1 Å². The number of likely N-dealkylation sites (N-methyl/N-ethyl adjacent to an activating group) is 1. The van der Waals surface area contributed by atoms with Crippen LogP contribution in [0.2, 0.25) is 5.02 Å². The van der Waals surface area contributed by atoms with Crippen LogP contribution in [0.3, 0.4) is 0 Å². The van der Waals surface area contributed by atoms with E-state index in [0.717, 1.165) is 34.6 Å². The topological polar surface area (TPSA) is 35.5 Å². The van der Waals surface area contributed by atoms with Gasteiger partial charge in [0.25, 0.3) is 0 Å². The van der Waals surface area contributed by atoms with Gasteiger partial charge in [-0.05, 0) is 51.6 Å². The van der Waals surface area contributed by atoms with E-state index in [4.69, 9.17) is 11.6 Å². The molecule has 1 aromatic carbocycles. The third kappa shape index (κ3) is 6.66. The second-order valence-electron chi connectivity index (χ2n) is 5.98. The third-order valence-electron chi connectivity index (χ3n) is 3.48. The molecule has 3 nitrogen and oxygen atoms in total. The Morgan fingerprint density at radius 1 is 1.43 bits per heavy atom. The van der Waals surface area contributed by atoms with Gasteiger partial charge >= 0.3 is 0 Å². The summed E-state index contributed by atoms with van der Waals surface area (Å²) in [6.45, 7) is 8.32. The summed E-state index contributed by atoms with van der Waals surface area (Å²) >= 11 is 9.77. The maximum Gasteiger partial charge on any atom is 0.0718 e. The summed E-state index contributed by atoms with van der Waals surface area (Å²) in [5.41, 5.74) is 0.446. The number of nitrogens with zero attached hydrogens (tertiary/aromatic N) is 1. The molecule has 0 aliphatic rings. The van der Waals surface area contributed by atoms with Gasteiger partial charge in [0.2, 0.25) is 0 Å². The van der Waals surface area contributed by atoms with Crippen LogP contribution in [0, 0.1) is 0 Å². The van der Waals surface area contributed by atoms with Crippen LogP contribution in [0.1, 0.15) is 38.8 Å². The molecule has 0 aliphatic heterocycles. The lowest BCUT2D eigenvalue weighted by atomic mass is 10.0. The van der Waals surface area contributed by atoms with E-state index in [9.17, 15) is 5.11 Å². The van der Waals surface area contributed by atoms with Crippen molar-refractivity contribution in [2.75, 3.05) is 26.7 Å². The molecular formula is C16H26BrClN2O. The second kappa shape index (κ2) is 8.49. The number of nitrogens with one attached hydrogen (secondary N) is 1. The molecule has 0 heterocycles. The molecule has 1 rings (SSSR count).